The van der Waals surface area contributed by atoms with E-state index in [1.807, 2.05) is 61.5 Å². The van der Waals surface area contributed by atoms with E-state index in [1.54, 1.807) is 7.11 Å². The van der Waals surface area contributed by atoms with E-state index in [9.17, 15) is 5.11 Å². The molecule has 0 aliphatic heterocycles. The summed E-state index contributed by atoms with van der Waals surface area (Å²) in [6, 6.07) is 26.0. The highest BCUT2D eigenvalue weighted by molar-refractivity contribution is 5.64. The summed E-state index contributed by atoms with van der Waals surface area (Å²) in [4.78, 5) is 0. The molecular formula is C23H24O3. The van der Waals surface area contributed by atoms with Gasteiger partial charge >= 0.3 is 0 Å². The minimum absolute atomic E-state index is 0.0544. The third-order valence-corrected chi connectivity index (χ3v) is 4.79. The van der Waals surface area contributed by atoms with Crippen molar-refractivity contribution in [2.75, 3.05) is 13.7 Å². The van der Waals surface area contributed by atoms with Crippen LogP contribution in [0.15, 0.2) is 78.9 Å². The normalized spacial score (nSPS) is 13.2. The maximum atomic E-state index is 9.70. The molecule has 3 aromatic rings. The third-order valence-electron chi connectivity index (χ3n) is 4.79. The number of methoxy groups -OCH3 is 1. The van der Waals surface area contributed by atoms with Gasteiger partial charge in [-0.25, -0.2) is 0 Å². The molecule has 1 atom stereocenters. The number of hydrogen-bond donors (Lipinski definition) is 1. The second kappa shape index (κ2) is 8.17. The van der Waals surface area contributed by atoms with Crippen molar-refractivity contribution in [2.24, 2.45) is 0 Å². The predicted octanol–water partition coefficient (Wildman–Crippen LogP) is 5.39. The van der Waals surface area contributed by atoms with E-state index in [0.29, 0.717) is 6.42 Å². The molecule has 0 spiro atoms. The van der Waals surface area contributed by atoms with Crippen LogP contribution in [-0.2, 0) is 10.3 Å². The minimum atomic E-state index is -0.657. The fourth-order valence-electron chi connectivity index (χ4n) is 3.04. The van der Waals surface area contributed by atoms with Crippen LogP contribution in [0.3, 0.4) is 0 Å². The number of aliphatic hydroxyl groups excluding tert-OH is 1. The molecule has 26 heavy (non-hydrogen) atoms. The molecule has 134 valence electrons. The minimum Gasteiger partial charge on any atom is -0.457 e. The van der Waals surface area contributed by atoms with Crippen LogP contribution in [-0.4, -0.2) is 18.8 Å². The lowest BCUT2D eigenvalue weighted by Crippen LogP contribution is -2.31. The fourth-order valence-corrected chi connectivity index (χ4v) is 3.04. The van der Waals surface area contributed by atoms with Crippen molar-refractivity contribution in [3.05, 3.63) is 84.4 Å². The van der Waals surface area contributed by atoms with Gasteiger partial charge in [-0.3, -0.25) is 0 Å². The molecule has 0 saturated carbocycles. The largest absolute Gasteiger partial charge is 0.457 e. The Morgan fingerprint density at radius 3 is 1.81 bits per heavy atom. The van der Waals surface area contributed by atoms with E-state index >= 15 is 0 Å². The van der Waals surface area contributed by atoms with Crippen molar-refractivity contribution >= 4 is 0 Å². The molecule has 0 heterocycles. The molecule has 0 aliphatic carbocycles. The summed E-state index contributed by atoms with van der Waals surface area (Å²) >= 11 is 0. The molecule has 0 bridgehead atoms. The van der Waals surface area contributed by atoms with Gasteiger partial charge in [0.05, 0.1) is 6.61 Å². The summed E-state index contributed by atoms with van der Waals surface area (Å²) in [7, 11) is 1.62. The van der Waals surface area contributed by atoms with Crippen LogP contribution in [0.5, 0.6) is 11.5 Å². The second-order valence-electron chi connectivity index (χ2n) is 6.23. The predicted molar refractivity (Wildman–Crippen MR) is 104 cm³/mol. The highest BCUT2D eigenvalue weighted by atomic mass is 16.5. The zero-order valence-corrected chi connectivity index (χ0v) is 15.2. The molecule has 0 saturated heterocycles. The van der Waals surface area contributed by atoms with Crippen LogP contribution in [0.1, 0.15) is 18.9 Å². The molecule has 3 aromatic carbocycles. The Bertz CT molecular complexity index is 796. The highest BCUT2D eigenvalue weighted by Crippen LogP contribution is 2.31. The van der Waals surface area contributed by atoms with Crippen molar-refractivity contribution in [3.63, 3.8) is 0 Å². The van der Waals surface area contributed by atoms with Gasteiger partial charge in [-0.2, -0.15) is 0 Å². The number of ether oxygens (including phenoxy) is 2. The maximum Gasteiger partial charge on any atom is 0.127 e. The first-order valence-corrected chi connectivity index (χ1v) is 8.80. The summed E-state index contributed by atoms with van der Waals surface area (Å²) < 4.78 is 11.5. The van der Waals surface area contributed by atoms with E-state index < -0.39 is 5.60 Å². The van der Waals surface area contributed by atoms with Gasteiger partial charge < -0.3 is 14.6 Å². The summed E-state index contributed by atoms with van der Waals surface area (Å²) in [5, 5.41) is 9.70. The molecule has 0 aromatic heterocycles. The molecule has 3 heteroatoms. The summed E-state index contributed by atoms with van der Waals surface area (Å²) in [5.74, 6) is 1.54. The van der Waals surface area contributed by atoms with Crippen molar-refractivity contribution in [2.45, 2.75) is 18.9 Å². The van der Waals surface area contributed by atoms with Crippen LogP contribution in [0.25, 0.3) is 11.1 Å². The van der Waals surface area contributed by atoms with Crippen LogP contribution >= 0.6 is 0 Å². The second-order valence-corrected chi connectivity index (χ2v) is 6.23. The lowest BCUT2D eigenvalue weighted by atomic mass is 9.91. The highest BCUT2D eigenvalue weighted by Gasteiger charge is 2.29. The van der Waals surface area contributed by atoms with E-state index in [1.165, 1.54) is 5.56 Å². The molecule has 3 nitrogen and oxygen atoms in total. The average molecular weight is 348 g/mol. The number of rotatable bonds is 7. The topological polar surface area (TPSA) is 38.7 Å². The zero-order valence-electron chi connectivity index (χ0n) is 15.2. The first-order valence-electron chi connectivity index (χ1n) is 8.80. The lowest BCUT2D eigenvalue weighted by molar-refractivity contribution is -0.0599. The number of benzene rings is 3. The van der Waals surface area contributed by atoms with Crippen molar-refractivity contribution in [1.29, 1.82) is 0 Å². The van der Waals surface area contributed by atoms with Gasteiger partial charge in [-0.05, 0) is 47.4 Å². The van der Waals surface area contributed by atoms with Crippen molar-refractivity contribution in [3.8, 4) is 22.6 Å². The Labute approximate surface area is 154 Å². The van der Waals surface area contributed by atoms with E-state index in [2.05, 4.69) is 24.3 Å². The van der Waals surface area contributed by atoms with Crippen LogP contribution in [0, 0.1) is 0 Å². The van der Waals surface area contributed by atoms with Crippen molar-refractivity contribution < 1.29 is 14.6 Å². The monoisotopic (exact) mass is 348 g/mol. The van der Waals surface area contributed by atoms with Crippen LogP contribution < -0.4 is 4.74 Å². The molecule has 1 N–H and O–H groups in total. The smallest absolute Gasteiger partial charge is 0.127 e. The van der Waals surface area contributed by atoms with Crippen molar-refractivity contribution in [1.82, 2.24) is 0 Å². The molecule has 0 fully saturated rings. The van der Waals surface area contributed by atoms with E-state index in [0.717, 1.165) is 22.6 Å². The van der Waals surface area contributed by atoms with Crippen LogP contribution in [0.4, 0.5) is 0 Å². The Kier molecular flexibility index (Phi) is 5.71. The van der Waals surface area contributed by atoms with E-state index in [-0.39, 0.29) is 6.61 Å². The summed E-state index contributed by atoms with van der Waals surface area (Å²) in [6.45, 7) is 1.94. The molecule has 0 amide bonds. The Hall–Kier alpha value is -2.62. The van der Waals surface area contributed by atoms with Gasteiger partial charge in [-0.1, -0.05) is 61.5 Å². The number of hydrogen-bond acceptors (Lipinski definition) is 3. The Morgan fingerprint density at radius 1 is 0.769 bits per heavy atom. The maximum absolute atomic E-state index is 9.70. The van der Waals surface area contributed by atoms with Gasteiger partial charge in [0, 0.05) is 7.11 Å². The average Bonchev–Trinajstić information content (AvgIpc) is 2.72. The summed E-state index contributed by atoms with van der Waals surface area (Å²) in [6.07, 6.45) is 0.696. The van der Waals surface area contributed by atoms with Gasteiger partial charge in [0.25, 0.3) is 0 Å². The van der Waals surface area contributed by atoms with Gasteiger partial charge in [0.1, 0.15) is 17.1 Å². The van der Waals surface area contributed by atoms with Gasteiger partial charge in [0.2, 0.25) is 0 Å². The molecule has 0 aliphatic rings. The fraction of sp³-hybridized carbons (Fsp3) is 0.217. The zero-order chi connectivity index (χ0) is 18.4. The molecular weight excluding hydrogens is 324 g/mol. The standard InChI is InChI=1S/C23H24O3/c1-3-23(17-24,25-2)20-11-15-22(16-12-20)26-21-13-9-19(10-14-21)18-7-5-4-6-8-18/h4-16,24H,3,17H2,1-2H3. The first-order chi connectivity index (χ1) is 12.7. The SMILES string of the molecule is CCC(CO)(OC)c1ccc(Oc2ccc(-c3ccccc3)cc2)cc1. The molecule has 1 unspecified atom stereocenters. The first kappa shape index (κ1) is 18.2. The Morgan fingerprint density at radius 2 is 1.31 bits per heavy atom. The van der Waals surface area contributed by atoms with Gasteiger partial charge in [-0.15, -0.1) is 0 Å². The third kappa shape index (κ3) is 3.79. The van der Waals surface area contributed by atoms with E-state index in [4.69, 9.17) is 9.47 Å². The molecule has 3 rings (SSSR count). The summed E-state index contributed by atoms with van der Waals surface area (Å²) in [5.41, 5.74) is 2.62. The quantitative estimate of drug-likeness (QED) is 0.622. The van der Waals surface area contributed by atoms with Crippen LogP contribution in [0.2, 0.25) is 0 Å². The number of aliphatic hydroxyl groups is 1. The lowest BCUT2D eigenvalue weighted by Gasteiger charge is -2.29. The Balaban J connectivity index is 1.73. The molecule has 0 radical (unpaired) electrons. The van der Waals surface area contributed by atoms with Gasteiger partial charge in [0.15, 0.2) is 0 Å².